The summed E-state index contributed by atoms with van der Waals surface area (Å²) in [7, 11) is -1.99. The van der Waals surface area contributed by atoms with Crippen molar-refractivity contribution in [3.05, 3.63) is 23.2 Å². The van der Waals surface area contributed by atoms with Gasteiger partial charge in [-0.25, -0.2) is 8.42 Å². The highest BCUT2D eigenvalue weighted by molar-refractivity contribution is 7.89. The lowest BCUT2D eigenvalue weighted by Crippen LogP contribution is -2.51. The van der Waals surface area contributed by atoms with Crippen LogP contribution in [0.5, 0.6) is 5.75 Å². The molecule has 0 unspecified atom stereocenters. The fraction of sp³-hybridized carbons (Fsp3) is 0.667. The highest BCUT2D eigenvalue weighted by Crippen LogP contribution is 2.29. The molecule has 5 nitrogen and oxygen atoms in total. The molecule has 7 heteroatoms. The van der Waals surface area contributed by atoms with Crippen molar-refractivity contribution in [2.75, 3.05) is 33.3 Å². The molecule has 1 heterocycles. The highest BCUT2D eigenvalue weighted by Gasteiger charge is 2.31. The molecule has 140 valence electrons. The summed E-state index contributed by atoms with van der Waals surface area (Å²) in [4.78, 5) is 2.72. The van der Waals surface area contributed by atoms with Gasteiger partial charge in [0.1, 0.15) is 5.75 Å². The molecule has 0 N–H and O–H groups in total. The van der Waals surface area contributed by atoms with Gasteiger partial charge in [0.2, 0.25) is 10.0 Å². The molecule has 1 saturated carbocycles. The van der Waals surface area contributed by atoms with Crippen molar-refractivity contribution in [1.29, 1.82) is 0 Å². The molecule has 0 bridgehead atoms. The van der Waals surface area contributed by atoms with Crippen molar-refractivity contribution < 1.29 is 13.2 Å². The van der Waals surface area contributed by atoms with E-state index in [1.165, 1.54) is 51.7 Å². The Hall–Kier alpha value is -0.820. The normalized spacial score (nSPS) is 21.8. The van der Waals surface area contributed by atoms with Gasteiger partial charge in [0.05, 0.1) is 17.0 Å². The monoisotopic (exact) mass is 386 g/mol. The second-order valence-electron chi connectivity index (χ2n) is 6.88. The molecule has 1 aromatic carbocycles. The van der Waals surface area contributed by atoms with Crippen LogP contribution in [0.25, 0.3) is 0 Å². The number of methoxy groups -OCH3 is 1. The second kappa shape index (κ2) is 8.25. The Labute approximate surface area is 155 Å². The number of halogens is 1. The second-order valence-corrected chi connectivity index (χ2v) is 9.23. The summed E-state index contributed by atoms with van der Waals surface area (Å²) in [5.74, 6) is 0.485. The van der Waals surface area contributed by atoms with Gasteiger partial charge in [0, 0.05) is 32.2 Å². The SMILES string of the molecule is COc1ccc(S(=O)(=O)N2CCN(C3CCCCCC3)CC2)cc1Cl. The first-order valence-corrected chi connectivity index (χ1v) is 10.9. The number of rotatable bonds is 4. The molecule has 1 aliphatic carbocycles. The van der Waals surface area contributed by atoms with Crippen molar-refractivity contribution in [2.45, 2.75) is 49.5 Å². The predicted molar refractivity (Wildman–Crippen MR) is 99.8 cm³/mol. The standard InChI is InChI=1S/C18H27ClN2O3S/c1-24-18-9-8-16(14-17(18)19)25(22,23)21-12-10-20(11-13-21)15-6-4-2-3-5-7-15/h8-9,14-15H,2-7,10-13H2,1H3. The van der Waals surface area contributed by atoms with Crippen molar-refractivity contribution in [3.8, 4) is 5.75 Å². The molecule has 2 fully saturated rings. The Morgan fingerprint density at radius 2 is 1.68 bits per heavy atom. The third-order valence-electron chi connectivity index (χ3n) is 5.38. The molecule has 0 radical (unpaired) electrons. The topological polar surface area (TPSA) is 49.9 Å². The summed E-state index contributed by atoms with van der Waals surface area (Å²) in [5, 5.41) is 0.320. The summed E-state index contributed by atoms with van der Waals surface area (Å²) in [5.41, 5.74) is 0. The van der Waals surface area contributed by atoms with E-state index in [9.17, 15) is 8.42 Å². The van der Waals surface area contributed by atoms with Crippen LogP contribution in [0.1, 0.15) is 38.5 Å². The number of nitrogens with zero attached hydrogens (tertiary/aromatic N) is 2. The van der Waals surface area contributed by atoms with E-state index in [2.05, 4.69) is 4.90 Å². The quantitative estimate of drug-likeness (QED) is 0.744. The lowest BCUT2D eigenvalue weighted by Gasteiger charge is -2.38. The van der Waals surface area contributed by atoms with Crippen LogP contribution in [-0.2, 0) is 10.0 Å². The fourth-order valence-electron chi connectivity index (χ4n) is 3.89. The number of piperazine rings is 1. The van der Waals surface area contributed by atoms with Gasteiger partial charge in [0.25, 0.3) is 0 Å². The third kappa shape index (κ3) is 4.30. The molecule has 0 aromatic heterocycles. The maximum Gasteiger partial charge on any atom is 0.243 e. The molecule has 25 heavy (non-hydrogen) atoms. The maximum absolute atomic E-state index is 12.9. The van der Waals surface area contributed by atoms with Gasteiger partial charge >= 0.3 is 0 Å². The summed E-state index contributed by atoms with van der Waals surface area (Å²) in [6.07, 6.45) is 7.77. The van der Waals surface area contributed by atoms with Crippen LogP contribution < -0.4 is 4.74 Å². The largest absolute Gasteiger partial charge is 0.495 e. The van der Waals surface area contributed by atoms with E-state index in [0.29, 0.717) is 29.9 Å². The van der Waals surface area contributed by atoms with Crippen LogP contribution in [0.15, 0.2) is 23.1 Å². The van der Waals surface area contributed by atoms with E-state index in [1.807, 2.05) is 0 Å². The number of sulfonamides is 1. The van der Waals surface area contributed by atoms with Gasteiger partial charge in [0.15, 0.2) is 0 Å². The first-order valence-electron chi connectivity index (χ1n) is 9.10. The average molecular weight is 387 g/mol. The minimum Gasteiger partial charge on any atom is -0.495 e. The zero-order chi connectivity index (χ0) is 17.9. The van der Waals surface area contributed by atoms with E-state index < -0.39 is 10.0 Å². The highest BCUT2D eigenvalue weighted by atomic mass is 35.5. The van der Waals surface area contributed by atoms with Crippen LogP contribution in [0.2, 0.25) is 5.02 Å². The summed E-state index contributed by atoms with van der Waals surface area (Å²) in [6, 6.07) is 5.28. The number of benzene rings is 1. The van der Waals surface area contributed by atoms with Gasteiger partial charge in [-0.15, -0.1) is 0 Å². The Bertz CT molecular complexity index is 680. The molecule has 0 atom stereocenters. The lowest BCUT2D eigenvalue weighted by molar-refractivity contribution is 0.126. The summed E-state index contributed by atoms with van der Waals surface area (Å²) < 4.78 is 32.5. The number of hydrogen-bond donors (Lipinski definition) is 0. The Kier molecular flexibility index (Phi) is 6.25. The summed E-state index contributed by atoms with van der Waals surface area (Å²) >= 11 is 6.10. The van der Waals surface area contributed by atoms with Crippen LogP contribution in [0.4, 0.5) is 0 Å². The van der Waals surface area contributed by atoms with Crippen LogP contribution in [-0.4, -0.2) is 57.0 Å². The van der Waals surface area contributed by atoms with E-state index in [-0.39, 0.29) is 4.90 Å². The molecule has 1 aromatic rings. The molecular weight excluding hydrogens is 360 g/mol. The molecule has 2 aliphatic rings. The molecular formula is C18H27ClN2O3S. The summed E-state index contributed by atoms with van der Waals surface area (Å²) in [6.45, 7) is 2.71. The van der Waals surface area contributed by atoms with Crippen LogP contribution >= 0.6 is 11.6 Å². The Morgan fingerprint density at radius 3 is 2.24 bits per heavy atom. The van der Waals surface area contributed by atoms with Crippen LogP contribution in [0, 0.1) is 0 Å². The predicted octanol–water partition coefficient (Wildman–Crippen LogP) is 3.38. The van der Waals surface area contributed by atoms with E-state index in [1.54, 1.807) is 16.4 Å². The molecule has 1 saturated heterocycles. The Morgan fingerprint density at radius 1 is 1.04 bits per heavy atom. The van der Waals surface area contributed by atoms with E-state index in [4.69, 9.17) is 16.3 Å². The van der Waals surface area contributed by atoms with Crippen molar-refractivity contribution in [3.63, 3.8) is 0 Å². The number of hydrogen-bond acceptors (Lipinski definition) is 4. The average Bonchev–Trinajstić information content (AvgIpc) is 2.91. The Balaban J connectivity index is 1.66. The minimum absolute atomic E-state index is 0.237. The third-order valence-corrected chi connectivity index (χ3v) is 7.57. The van der Waals surface area contributed by atoms with Gasteiger partial charge in [-0.1, -0.05) is 37.3 Å². The molecule has 3 rings (SSSR count). The number of ether oxygens (including phenoxy) is 1. The van der Waals surface area contributed by atoms with Crippen LogP contribution in [0.3, 0.4) is 0 Å². The van der Waals surface area contributed by atoms with Gasteiger partial charge < -0.3 is 4.74 Å². The molecule has 1 aliphatic heterocycles. The van der Waals surface area contributed by atoms with Gasteiger partial charge in [-0.2, -0.15) is 4.31 Å². The molecule has 0 spiro atoms. The smallest absolute Gasteiger partial charge is 0.243 e. The van der Waals surface area contributed by atoms with Gasteiger partial charge in [-0.3, -0.25) is 4.90 Å². The minimum atomic E-state index is -3.50. The zero-order valence-corrected chi connectivity index (χ0v) is 16.4. The molecule has 0 amide bonds. The van der Waals surface area contributed by atoms with E-state index in [0.717, 1.165) is 13.1 Å². The van der Waals surface area contributed by atoms with E-state index >= 15 is 0 Å². The van der Waals surface area contributed by atoms with Crippen molar-refractivity contribution in [1.82, 2.24) is 9.21 Å². The zero-order valence-electron chi connectivity index (χ0n) is 14.8. The van der Waals surface area contributed by atoms with Crippen molar-refractivity contribution in [2.24, 2.45) is 0 Å². The van der Waals surface area contributed by atoms with Gasteiger partial charge in [-0.05, 0) is 31.0 Å². The lowest BCUT2D eigenvalue weighted by atomic mass is 10.1. The first-order chi connectivity index (χ1) is 12.0. The fourth-order valence-corrected chi connectivity index (χ4v) is 5.66. The maximum atomic E-state index is 12.9. The van der Waals surface area contributed by atoms with Crippen molar-refractivity contribution >= 4 is 21.6 Å². The first kappa shape index (κ1) is 19.0.